The number of hydrogen-bond acceptors (Lipinski definition) is 3. The zero-order chi connectivity index (χ0) is 16.7. The Labute approximate surface area is 139 Å². The molecule has 0 saturated heterocycles. The van der Waals surface area contributed by atoms with Crippen LogP contribution in [0.5, 0.6) is 5.75 Å². The molecule has 0 heterocycles. The molecule has 0 radical (unpaired) electrons. The summed E-state index contributed by atoms with van der Waals surface area (Å²) < 4.78 is 5.52. The van der Waals surface area contributed by atoms with E-state index in [0.717, 1.165) is 11.3 Å². The number of nitrogens with one attached hydrogen (secondary N) is 2. The highest BCUT2D eigenvalue weighted by molar-refractivity contribution is 6.30. The summed E-state index contributed by atoms with van der Waals surface area (Å²) in [5, 5.41) is 0.541. The van der Waals surface area contributed by atoms with Crippen LogP contribution in [0.2, 0.25) is 5.02 Å². The third kappa shape index (κ3) is 5.30. The van der Waals surface area contributed by atoms with Crippen molar-refractivity contribution in [1.29, 1.82) is 0 Å². The smallest absolute Gasteiger partial charge is 0.269 e. The molecular formula is C17H17ClN2O3. The second kappa shape index (κ2) is 8.19. The fraction of sp³-hybridized carbons (Fsp3) is 0.176. The number of hydrogen-bond donors (Lipinski definition) is 2. The van der Waals surface area contributed by atoms with Crippen LogP contribution >= 0.6 is 11.6 Å². The number of ether oxygens (including phenoxy) is 1. The zero-order valence-electron chi connectivity index (χ0n) is 12.6. The quantitative estimate of drug-likeness (QED) is 0.827. The van der Waals surface area contributed by atoms with Crippen molar-refractivity contribution in [1.82, 2.24) is 10.9 Å². The van der Waals surface area contributed by atoms with E-state index in [1.54, 1.807) is 24.3 Å². The predicted octanol–water partition coefficient (Wildman–Crippen LogP) is 2.88. The molecule has 0 atom stereocenters. The molecule has 0 aliphatic heterocycles. The minimum atomic E-state index is -0.408. The zero-order valence-corrected chi connectivity index (χ0v) is 13.4. The lowest BCUT2D eigenvalue weighted by atomic mass is 10.2. The average Bonchev–Trinajstić information content (AvgIpc) is 2.55. The van der Waals surface area contributed by atoms with Gasteiger partial charge in [0, 0.05) is 10.6 Å². The summed E-state index contributed by atoms with van der Waals surface area (Å²) in [6.45, 7) is 2.16. The number of aryl methyl sites for hydroxylation is 1. The lowest BCUT2D eigenvalue weighted by molar-refractivity contribution is -0.122. The van der Waals surface area contributed by atoms with Gasteiger partial charge in [0.15, 0.2) is 0 Å². The molecule has 2 N–H and O–H groups in total. The fourth-order valence-electron chi connectivity index (χ4n) is 1.83. The van der Waals surface area contributed by atoms with Gasteiger partial charge < -0.3 is 4.74 Å². The summed E-state index contributed by atoms with van der Waals surface area (Å²) in [6, 6.07) is 13.9. The van der Waals surface area contributed by atoms with Crippen molar-refractivity contribution in [2.24, 2.45) is 0 Å². The van der Waals surface area contributed by atoms with Gasteiger partial charge in [0.2, 0.25) is 5.91 Å². The standard InChI is InChI=1S/C17H17ClN2O3/c1-12-4-2-3-5-15(12)23-11-10-16(21)19-20-17(22)13-6-8-14(18)9-7-13/h2-9H,10-11H2,1H3,(H,19,21)(H,20,22). The van der Waals surface area contributed by atoms with Crippen LogP contribution in [0.25, 0.3) is 0 Å². The first-order chi connectivity index (χ1) is 11.1. The molecule has 2 aromatic carbocycles. The number of benzene rings is 2. The Kier molecular flexibility index (Phi) is 6.00. The molecule has 2 rings (SSSR count). The maximum absolute atomic E-state index is 11.8. The molecule has 5 nitrogen and oxygen atoms in total. The Morgan fingerprint density at radius 1 is 1.04 bits per heavy atom. The van der Waals surface area contributed by atoms with Gasteiger partial charge in [0.1, 0.15) is 5.75 Å². The molecule has 2 aromatic rings. The number of rotatable bonds is 5. The van der Waals surface area contributed by atoms with Crippen molar-refractivity contribution in [3.05, 3.63) is 64.7 Å². The first-order valence-electron chi connectivity index (χ1n) is 7.09. The van der Waals surface area contributed by atoms with Crippen LogP contribution in [0.4, 0.5) is 0 Å². The number of carbonyl (C=O) groups is 2. The van der Waals surface area contributed by atoms with Gasteiger partial charge in [-0.2, -0.15) is 0 Å². The van der Waals surface area contributed by atoms with Gasteiger partial charge in [-0.25, -0.2) is 0 Å². The largest absolute Gasteiger partial charge is 0.493 e. The van der Waals surface area contributed by atoms with Crippen molar-refractivity contribution in [2.75, 3.05) is 6.61 Å². The Hall–Kier alpha value is -2.53. The fourth-order valence-corrected chi connectivity index (χ4v) is 1.96. The molecule has 2 amide bonds. The summed E-state index contributed by atoms with van der Waals surface area (Å²) in [6.07, 6.45) is 0.134. The molecule has 0 spiro atoms. The summed E-state index contributed by atoms with van der Waals surface area (Å²) in [4.78, 5) is 23.5. The molecule has 0 saturated carbocycles. The normalized spacial score (nSPS) is 10.0. The van der Waals surface area contributed by atoms with Crippen LogP contribution in [0, 0.1) is 6.92 Å². The molecule has 6 heteroatoms. The molecule has 0 bridgehead atoms. The van der Waals surface area contributed by atoms with E-state index in [2.05, 4.69) is 10.9 Å². The van der Waals surface area contributed by atoms with Gasteiger partial charge in [-0.15, -0.1) is 0 Å². The highest BCUT2D eigenvalue weighted by Crippen LogP contribution is 2.16. The first kappa shape index (κ1) is 16.8. The summed E-state index contributed by atoms with van der Waals surface area (Å²) >= 11 is 5.75. The number of amides is 2. The molecule has 0 aromatic heterocycles. The molecule has 0 aliphatic carbocycles. The third-order valence-electron chi connectivity index (χ3n) is 3.10. The van der Waals surface area contributed by atoms with Crippen molar-refractivity contribution in [3.8, 4) is 5.75 Å². The number of carbonyl (C=O) groups excluding carboxylic acids is 2. The van der Waals surface area contributed by atoms with Crippen LogP contribution in [0.15, 0.2) is 48.5 Å². The van der Waals surface area contributed by atoms with E-state index in [1.165, 1.54) is 0 Å². The van der Waals surface area contributed by atoms with Crippen LogP contribution in [-0.2, 0) is 4.79 Å². The maximum atomic E-state index is 11.8. The van der Waals surface area contributed by atoms with Gasteiger partial charge >= 0.3 is 0 Å². The van der Waals surface area contributed by atoms with Crippen molar-refractivity contribution >= 4 is 23.4 Å². The highest BCUT2D eigenvalue weighted by Gasteiger charge is 2.07. The van der Waals surface area contributed by atoms with Gasteiger partial charge in [0.05, 0.1) is 13.0 Å². The number of para-hydroxylation sites is 1. The van der Waals surface area contributed by atoms with E-state index in [1.807, 2.05) is 31.2 Å². The summed E-state index contributed by atoms with van der Waals surface area (Å²) in [7, 11) is 0. The number of halogens is 1. The van der Waals surface area contributed by atoms with Crippen molar-refractivity contribution in [3.63, 3.8) is 0 Å². The van der Waals surface area contributed by atoms with E-state index in [-0.39, 0.29) is 18.9 Å². The van der Waals surface area contributed by atoms with Crippen molar-refractivity contribution in [2.45, 2.75) is 13.3 Å². The Balaban J connectivity index is 1.72. The van der Waals surface area contributed by atoms with Gasteiger partial charge in [-0.1, -0.05) is 29.8 Å². The Bertz CT molecular complexity index is 686. The topological polar surface area (TPSA) is 67.4 Å². The van der Waals surface area contributed by atoms with Crippen LogP contribution in [0.3, 0.4) is 0 Å². The molecule has 0 fully saturated rings. The maximum Gasteiger partial charge on any atom is 0.269 e. The van der Waals surface area contributed by atoms with Gasteiger partial charge in [-0.05, 0) is 42.8 Å². The van der Waals surface area contributed by atoms with E-state index >= 15 is 0 Å². The summed E-state index contributed by atoms with van der Waals surface area (Å²) in [5.74, 6) is 0.00114. The molecule has 0 aliphatic rings. The number of hydrazine groups is 1. The lowest BCUT2D eigenvalue weighted by Crippen LogP contribution is -2.42. The second-order valence-corrected chi connectivity index (χ2v) is 5.31. The lowest BCUT2D eigenvalue weighted by Gasteiger charge is -2.10. The molecule has 0 unspecified atom stereocenters. The SMILES string of the molecule is Cc1ccccc1OCCC(=O)NNC(=O)c1ccc(Cl)cc1. The first-order valence-corrected chi connectivity index (χ1v) is 7.47. The van der Waals surface area contributed by atoms with Gasteiger partial charge in [0.25, 0.3) is 5.91 Å². The van der Waals surface area contributed by atoms with E-state index < -0.39 is 5.91 Å². The third-order valence-corrected chi connectivity index (χ3v) is 3.35. The minimum Gasteiger partial charge on any atom is -0.493 e. The van der Waals surface area contributed by atoms with E-state index in [0.29, 0.717) is 10.6 Å². The van der Waals surface area contributed by atoms with Crippen LogP contribution in [-0.4, -0.2) is 18.4 Å². The molecule has 120 valence electrons. The predicted molar refractivity (Wildman–Crippen MR) is 88.4 cm³/mol. The highest BCUT2D eigenvalue weighted by atomic mass is 35.5. The monoisotopic (exact) mass is 332 g/mol. The van der Waals surface area contributed by atoms with Crippen LogP contribution in [0.1, 0.15) is 22.3 Å². The average molecular weight is 333 g/mol. The van der Waals surface area contributed by atoms with Gasteiger partial charge in [-0.3, -0.25) is 20.4 Å². The second-order valence-electron chi connectivity index (χ2n) is 4.87. The Morgan fingerprint density at radius 3 is 2.43 bits per heavy atom. The van der Waals surface area contributed by atoms with E-state index in [4.69, 9.17) is 16.3 Å². The van der Waals surface area contributed by atoms with Crippen LogP contribution < -0.4 is 15.6 Å². The molecule has 23 heavy (non-hydrogen) atoms. The molecular weight excluding hydrogens is 316 g/mol. The van der Waals surface area contributed by atoms with Crippen molar-refractivity contribution < 1.29 is 14.3 Å². The summed E-state index contributed by atoms with van der Waals surface area (Å²) in [5.41, 5.74) is 6.10. The Morgan fingerprint density at radius 2 is 1.74 bits per heavy atom. The minimum absolute atomic E-state index is 0.134. The van der Waals surface area contributed by atoms with E-state index in [9.17, 15) is 9.59 Å².